The molecule has 0 radical (unpaired) electrons. The van der Waals surface area contributed by atoms with Crippen LogP contribution in [0.1, 0.15) is 24.8 Å². The van der Waals surface area contributed by atoms with Crippen LogP contribution in [0.25, 0.3) is 10.9 Å². The number of rotatable bonds is 4. The number of piperidine rings is 1. The molecule has 0 saturated carbocycles. The summed E-state index contributed by atoms with van der Waals surface area (Å²) >= 11 is 0. The molecule has 0 N–H and O–H groups in total. The number of fused-ring (bicyclic) bond motifs is 1. The lowest BCUT2D eigenvalue weighted by Crippen LogP contribution is -2.35. The van der Waals surface area contributed by atoms with Crippen LogP contribution in [-0.2, 0) is 16.6 Å². The van der Waals surface area contributed by atoms with Crippen molar-refractivity contribution in [1.82, 2.24) is 13.9 Å². The van der Waals surface area contributed by atoms with Crippen LogP contribution in [0, 0.1) is 0 Å². The molecule has 1 saturated heterocycles. The molecular formula is C19H21N3O2S. The zero-order valence-corrected chi connectivity index (χ0v) is 14.8. The van der Waals surface area contributed by atoms with Gasteiger partial charge in [-0.2, -0.15) is 4.31 Å². The van der Waals surface area contributed by atoms with Crippen LogP contribution in [0.4, 0.5) is 0 Å². The van der Waals surface area contributed by atoms with Crippen LogP contribution >= 0.6 is 0 Å². The number of sulfonamides is 1. The van der Waals surface area contributed by atoms with Crippen molar-refractivity contribution in [3.05, 3.63) is 60.6 Å². The molecular weight excluding hydrogens is 334 g/mol. The van der Waals surface area contributed by atoms with E-state index in [2.05, 4.69) is 9.55 Å². The van der Waals surface area contributed by atoms with Gasteiger partial charge in [0, 0.05) is 43.6 Å². The van der Waals surface area contributed by atoms with Crippen LogP contribution in [0.15, 0.2) is 59.9 Å². The highest BCUT2D eigenvalue weighted by molar-refractivity contribution is 7.89. The van der Waals surface area contributed by atoms with Gasteiger partial charge in [-0.3, -0.25) is 4.98 Å². The summed E-state index contributed by atoms with van der Waals surface area (Å²) < 4.78 is 29.2. The minimum absolute atomic E-state index is 0.389. The maximum absolute atomic E-state index is 12.7. The van der Waals surface area contributed by atoms with Gasteiger partial charge >= 0.3 is 0 Å². The maximum atomic E-state index is 12.7. The molecule has 0 atom stereocenters. The van der Waals surface area contributed by atoms with Gasteiger partial charge in [-0.05, 0) is 42.7 Å². The van der Waals surface area contributed by atoms with Crippen molar-refractivity contribution in [2.24, 2.45) is 0 Å². The second-order valence-corrected chi connectivity index (χ2v) is 8.42. The van der Waals surface area contributed by atoms with Crippen LogP contribution in [0.3, 0.4) is 0 Å². The van der Waals surface area contributed by atoms with E-state index >= 15 is 0 Å². The van der Waals surface area contributed by atoms with Crippen molar-refractivity contribution in [1.29, 1.82) is 0 Å². The summed E-state index contributed by atoms with van der Waals surface area (Å²) in [7, 11) is -3.36. The first-order chi connectivity index (χ1) is 12.1. The minimum Gasteiger partial charge on any atom is -0.343 e. The molecule has 25 heavy (non-hydrogen) atoms. The van der Waals surface area contributed by atoms with Gasteiger partial charge in [-0.25, -0.2) is 8.42 Å². The van der Waals surface area contributed by atoms with E-state index in [9.17, 15) is 8.42 Å². The molecule has 5 nitrogen and oxygen atoms in total. The van der Waals surface area contributed by atoms with E-state index in [1.807, 2.05) is 36.7 Å². The third kappa shape index (κ3) is 3.19. The monoisotopic (exact) mass is 355 g/mol. The number of hydrogen-bond donors (Lipinski definition) is 0. The first kappa shape index (κ1) is 16.3. The third-order valence-electron chi connectivity index (χ3n) is 4.80. The number of hydrogen-bond acceptors (Lipinski definition) is 3. The molecule has 130 valence electrons. The zero-order chi connectivity index (χ0) is 17.3. The lowest BCUT2D eigenvalue weighted by molar-refractivity contribution is 0.346. The Bertz CT molecular complexity index is 971. The second-order valence-electron chi connectivity index (χ2n) is 6.49. The molecule has 0 unspecified atom stereocenters. The Morgan fingerprint density at radius 2 is 1.72 bits per heavy atom. The minimum atomic E-state index is -3.36. The first-order valence-corrected chi connectivity index (χ1v) is 10.1. The van der Waals surface area contributed by atoms with Gasteiger partial charge in [-0.15, -0.1) is 0 Å². The average Bonchev–Trinajstić information content (AvgIpc) is 3.06. The molecule has 6 heteroatoms. The first-order valence-electron chi connectivity index (χ1n) is 8.62. The summed E-state index contributed by atoms with van der Waals surface area (Å²) in [6, 6.07) is 11.3. The maximum Gasteiger partial charge on any atom is 0.243 e. The molecule has 1 aliphatic heterocycles. The Morgan fingerprint density at radius 3 is 2.48 bits per heavy atom. The Morgan fingerprint density at radius 1 is 0.960 bits per heavy atom. The van der Waals surface area contributed by atoms with E-state index in [1.165, 1.54) is 0 Å². The van der Waals surface area contributed by atoms with Gasteiger partial charge in [0.15, 0.2) is 0 Å². The SMILES string of the molecule is O=S(=O)(c1ccc(Cn2ccc3cnccc32)cc1)N1CCCCC1. The molecule has 0 aliphatic carbocycles. The fourth-order valence-corrected chi connectivity index (χ4v) is 4.91. The summed E-state index contributed by atoms with van der Waals surface area (Å²) in [6.07, 6.45) is 8.68. The standard InChI is InChI=1S/C19H21N3O2S/c23-25(24,22-11-2-1-3-12-22)18-6-4-16(5-7-18)15-21-13-9-17-14-20-10-8-19(17)21/h4-10,13-14H,1-3,11-12,15H2. The predicted molar refractivity (Wildman–Crippen MR) is 97.9 cm³/mol. The van der Waals surface area contributed by atoms with Crippen LogP contribution in [0.2, 0.25) is 0 Å². The number of aromatic nitrogens is 2. The lowest BCUT2D eigenvalue weighted by Gasteiger charge is -2.25. The highest BCUT2D eigenvalue weighted by Gasteiger charge is 2.25. The van der Waals surface area contributed by atoms with Crippen LogP contribution in [-0.4, -0.2) is 35.4 Å². The smallest absolute Gasteiger partial charge is 0.243 e. The highest BCUT2D eigenvalue weighted by atomic mass is 32.2. The van der Waals surface area contributed by atoms with Gasteiger partial charge in [0.2, 0.25) is 10.0 Å². The Balaban J connectivity index is 1.56. The van der Waals surface area contributed by atoms with Gasteiger partial charge < -0.3 is 4.57 Å². The van der Waals surface area contributed by atoms with Crippen molar-refractivity contribution in [3.8, 4) is 0 Å². The largest absolute Gasteiger partial charge is 0.343 e. The molecule has 1 aliphatic rings. The summed E-state index contributed by atoms with van der Waals surface area (Å²) in [4.78, 5) is 4.52. The molecule has 1 fully saturated rings. The fraction of sp³-hybridized carbons (Fsp3) is 0.316. The molecule has 3 heterocycles. The van der Waals surface area contributed by atoms with Crippen molar-refractivity contribution < 1.29 is 8.42 Å². The molecule has 3 aromatic rings. The van der Waals surface area contributed by atoms with Gasteiger partial charge in [0.25, 0.3) is 0 Å². The van der Waals surface area contributed by atoms with Gasteiger partial charge in [0.1, 0.15) is 0 Å². The lowest BCUT2D eigenvalue weighted by atomic mass is 10.2. The van der Waals surface area contributed by atoms with Crippen molar-refractivity contribution in [3.63, 3.8) is 0 Å². The van der Waals surface area contributed by atoms with Gasteiger partial charge in [0.05, 0.1) is 10.4 Å². The Labute approximate surface area is 148 Å². The summed E-state index contributed by atoms with van der Waals surface area (Å²) in [5.74, 6) is 0. The second kappa shape index (κ2) is 6.61. The predicted octanol–water partition coefficient (Wildman–Crippen LogP) is 3.26. The van der Waals surface area contributed by atoms with E-state index in [4.69, 9.17) is 0 Å². The molecule has 0 amide bonds. The van der Waals surface area contributed by atoms with Crippen LogP contribution in [0.5, 0.6) is 0 Å². The molecule has 0 spiro atoms. The average molecular weight is 355 g/mol. The zero-order valence-electron chi connectivity index (χ0n) is 14.0. The Kier molecular flexibility index (Phi) is 4.31. The van der Waals surface area contributed by atoms with E-state index in [0.29, 0.717) is 24.5 Å². The summed E-state index contributed by atoms with van der Waals surface area (Å²) in [5.41, 5.74) is 2.20. The molecule has 0 bridgehead atoms. The van der Waals surface area contributed by atoms with E-state index in [1.54, 1.807) is 22.6 Å². The molecule has 1 aromatic carbocycles. The Hall–Kier alpha value is -2.18. The summed E-state index contributed by atoms with van der Waals surface area (Å²) in [5, 5.41) is 1.10. The van der Waals surface area contributed by atoms with Crippen molar-refractivity contribution >= 4 is 20.9 Å². The van der Waals surface area contributed by atoms with E-state index < -0.39 is 10.0 Å². The quantitative estimate of drug-likeness (QED) is 0.722. The number of pyridine rings is 1. The number of benzene rings is 1. The fourth-order valence-electron chi connectivity index (χ4n) is 3.40. The highest BCUT2D eigenvalue weighted by Crippen LogP contribution is 2.22. The molecule has 2 aromatic heterocycles. The third-order valence-corrected chi connectivity index (χ3v) is 6.71. The number of nitrogens with zero attached hydrogens (tertiary/aromatic N) is 3. The normalized spacial score (nSPS) is 16.3. The van der Waals surface area contributed by atoms with E-state index in [-0.39, 0.29) is 0 Å². The summed E-state index contributed by atoms with van der Waals surface area (Å²) in [6.45, 7) is 1.97. The van der Waals surface area contributed by atoms with Gasteiger partial charge in [-0.1, -0.05) is 18.6 Å². The van der Waals surface area contributed by atoms with Crippen LogP contribution < -0.4 is 0 Å². The van der Waals surface area contributed by atoms with Crippen molar-refractivity contribution in [2.45, 2.75) is 30.7 Å². The van der Waals surface area contributed by atoms with Crippen molar-refractivity contribution in [2.75, 3.05) is 13.1 Å². The van der Waals surface area contributed by atoms with E-state index in [0.717, 1.165) is 35.7 Å². The topological polar surface area (TPSA) is 55.2 Å². The molecule has 4 rings (SSSR count).